The molecule has 0 bridgehead atoms. The van der Waals surface area contributed by atoms with Crippen molar-refractivity contribution in [2.24, 2.45) is 16.7 Å². The molecule has 0 spiro atoms. The van der Waals surface area contributed by atoms with Gasteiger partial charge in [-0.15, -0.1) is 0 Å². The molecule has 2 atom stereocenters. The van der Waals surface area contributed by atoms with E-state index in [1.165, 1.54) is 11.3 Å². The molecule has 1 saturated carbocycles. The summed E-state index contributed by atoms with van der Waals surface area (Å²) < 4.78 is 1.02. The summed E-state index contributed by atoms with van der Waals surface area (Å²) in [5.74, 6) is -1.31. The Morgan fingerprint density at radius 3 is 2.61 bits per heavy atom. The van der Waals surface area contributed by atoms with Gasteiger partial charge in [0.2, 0.25) is 5.91 Å². The summed E-state index contributed by atoms with van der Waals surface area (Å²) in [6.07, 6.45) is 1.08. The van der Waals surface area contributed by atoms with Crippen LogP contribution >= 0.6 is 11.3 Å². The van der Waals surface area contributed by atoms with Crippen LogP contribution in [0.15, 0.2) is 24.3 Å². The minimum absolute atomic E-state index is 0.140. The Morgan fingerprint density at radius 2 is 2.00 bits per heavy atom. The Hall–Kier alpha value is -1.95. The first-order valence-corrected chi connectivity index (χ1v) is 8.47. The van der Waals surface area contributed by atoms with Crippen LogP contribution in [0.4, 0.5) is 5.13 Å². The number of nitrogens with zero attached hydrogens (tertiary/aromatic N) is 1. The molecule has 6 heteroatoms. The highest BCUT2D eigenvalue weighted by Gasteiger charge is 2.58. The highest BCUT2D eigenvalue weighted by Crippen LogP contribution is 2.56. The lowest BCUT2D eigenvalue weighted by molar-refractivity contribution is -0.154. The molecule has 1 fully saturated rings. The minimum atomic E-state index is -0.886. The average Bonchev–Trinajstić information content (AvgIpc) is 2.98. The van der Waals surface area contributed by atoms with Gasteiger partial charge in [0.1, 0.15) is 0 Å². The topological polar surface area (TPSA) is 79.3 Å². The van der Waals surface area contributed by atoms with Crippen LogP contribution in [0, 0.1) is 16.7 Å². The fraction of sp³-hybridized carbons (Fsp3) is 0.471. The lowest BCUT2D eigenvalue weighted by atomic mass is 9.65. The molecule has 0 aliphatic heterocycles. The number of para-hydroxylation sites is 1. The van der Waals surface area contributed by atoms with Crippen molar-refractivity contribution in [3.63, 3.8) is 0 Å². The first-order valence-electron chi connectivity index (χ1n) is 7.65. The number of carbonyl (C=O) groups is 2. The third kappa shape index (κ3) is 2.41. The maximum atomic E-state index is 12.7. The van der Waals surface area contributed by atoms with Crippen LogP contribution in [0.2, 0.25) is 0 Å². The van der Waals surface area contributed by atoms with Gasteiger partial charge in [0.05, 0.1) is 15.6 Å². The van der Waals surface area contributed by atoms with Gasteiger partial charge in [-0.3, -0.25) is 9.59 Å². The predicted octanol–water partition coefficient (Wildman–Crippen LogP) is 3.76. The molecule has 2 N–H and O–H groups in total. The molecule has 1 aromatic carbocycles. The summed E-state index contributed by atoms with van der Waals surface area (Å²) in [7, 11) is 0. The van der Waals surface area contributed by atoms with Crippen LogP contribution in [0.3, 0.4) is 0 Å². The van der Waals surface area contributed by atoms with Crippen molar-refractivity contribution in [2.75, 3.05) is 5.32 Å². The molecule has 1 aliphatic rings. The molecule has 1 aromatic heterocycles. The van der Waals surface area contributed by atoms with Crippen LogP contribution in [0.1, 0.15) is 33.6 Å². The van der Waals surface area contributed by atoms with Gasteiger partial charge in [0, 0.05) is 5.92 Å². The minimum Gasteiger partial charge on any atom is -0.481 e. The number of carboxylic acids is 1. The number of aromatic nitrogens is 1. The van der Waals surface area contributed by atoms with E-state index in [1.807, 2.05) is 38.1 Å². The number of anilines is 1. The van der Waals surface area contributed by atoms with E-state index in [-0.39, 0.29) is 11.8 Å². The zero-order valence-electron chi connectivity index (χ0n) is 13.4. The van der Waals surface area contributed by atoms with Crippen molar-refractivity contribution in [1.29, 1.82) is 0 Å². The number of benzene rings is 1. The summed E-state index contributed by atoms with van der Waals surface area (Å²) in [5.41, 5.74) is -0.642. The largest absolute Gasteiger partial charge is 0.481 e. The summed E-state index contributed by atoms with van der Waals surface area (Å²) in [6.45, 7) is 5.48. The lowest BCUT2D eigenvalue weighted by Crippen LogP contribution is -2.43. The molecule has 23 heavy (non-hydrogen) atoms. The molecule has 0 unspecified atom stereocenters. The number of thiazole rings is 1. The third-order valence-electron chi connectivity index (χ3n) is 5.54. The van der Waals surface area contributed by atoms with Gasteiger partial charge in [-0.05, 0) is 37.3 Å². The van der Waals surface area contributed by atoms with Crippen molar-refractivity contribution in [3.8, 4) is 0 Å². The van der Waals surface area contributed by atoms with E-state index in [1.54, 1.807) is 6.92 Å². The molecule has 2 aromatic rings. The molecule has 0 radical (unpaired) electrons. The number of carbonyl (C=O) groups excluding carboxylic acids is 1. The average molecular weight is 332 g/mol. The number of hydrogen-bond acceptors (Lipinski definition) is 4. The standard InChI is InChI=1S/C17H20N2O3S/c1-16(2)10(8-9-17(16,3)14(21)22)13(20)19-15-18-11-6-4-5-7-12(11)23-15/h4-7,10H,8-9H2,1-3H3,(H,21,22)(H,18,19,20)/t10-,17+/m1/s1. The zero-order valence-corrected chi connectivity index (χ0v) is 14.2. The predicted molar refractivity (Wildman–Crippen MR) is 90.5 cm³/mol. The highest BCUT2D eigenvalue weighted by atomic mass is 32.1. The molecule has 5 nitrogen and oxygen atoms in total. The normalized spacial score (nSPS) is 26.3. The monoisotopic (exact) mass is 332 g/mol. The number of nitrogens with one attached hydrogen (secondary N) is 1. The van der Waals surface area contributed by atoms with Crippen molar-refractivity contribution in [3.05, 3.63) is 24.3 Å². The highest BCUT2D eigenvalue weighted by molar-refractivity contribution is 7.22. The summed E-state index contributed by atoms with van der Waals surface area (Å²) in [4.78, 5) is 28.7. The van der Waals surface area contributed by atoms with Crippen molar-refractivity contribution in [2.45, 2.75) is 33.6 Å². The Morgan fingerprint density at radius 1 is 1.30 bits per heavy atom. The van der Waals surface area contributed by atoms with Crippen LogP contribution in [-0.2, 0) is 9.59 Å². The number of amides is 1. The second-order valence-electron chi connectivity index (χ2n) is 6.93. The number of rotatable bonds is 3. The Kier molecular flexibility index (Phi) is 3.67. The number of hydrogen-bond donors (Lipinski definition) is 2. The SMILES string of the molecule is CC1(C)[C@@H](C(=O)Nc2nc3ccccc3s2)CC[C@@]1(C)C(=O)O. The first-order chi connectivity index (χ1) is 10.8. The van der Waals surface area contributed by atoms with Crippen molar-refractivity contribution in [1.82, 2.24) is 4.98 Å². The second kappa shape index (κ2) is 5.30. The maximum Gasteiger partial charge on any atom is 0.309 e. The molecular formula is C17H20N2O3S. The van der Waals surface area contributed by atoms with Gasteiger partial charge >= 0.3 is 5.97 Å². The fourth-order valence-corrected chi connectivity index (χ4v) is 4.33. The van der Waals surface area contributed by atoms with Crippen LogP contribution in [0.25, 0.3) is 10.2 Å². The molecule has 122 valence electrons. The molecule has 0 saturated heterocycles. The molecular weight excluding hydrogens is 312 g/mol. The van der Waals surface area contributed by atoms with Gasteiger partial charge in [0.15, 0.2) is 5.13 Å². The summed E-state index contributed by atoms with van der Waals surface area (Å²) in [5, 5.41) is 13.0. The van der Waals surface area contributed by atoms with Crippen LogP contribution in [0.5, 0.6) is 0 Å². The lowest BCUT2D eigenvalue weighted by Gasteiger charge is -2.37. The van der Waals surface area contributed by atoms with Crippen molar-refractivity contribution < 1.29 is 14.7 Å². The van der Waals surface area contributed by atoms with Crippen LogP contribution < -0.4 is 5.32 Å². The van der Waals surface area contributed by atoms with E-state index in [0.29, 0.717) is 18.0 Å². The Bertz CT molecular complexity index is 750. The molecule has 1 heterocycles. The molecule has 1 aliphatic carbocycles. The Balaban J connectivity index is 1.82. The smallest absolute Gasteiger partial charge is 0.309 e. The number of aliphatic carboxylic acids is 1. The zero-order chi connectivity index (χ0) is 16.8. The van der Waals surface area contributed by atoms with Gasteiger partial charge < -0.3 is 10.4 Å². The van der Waals surface area contributed by atoms with E-state index < -0.39 is 16.8 Å². The second-order valence-corrected chi connectivity index (χ2v) is 7.96. The molecule has 1 amide bonds. The number of carboxylic acid groups (broad SMARTS) is 1. The van der Waals surface area contributed by atoms with Crippen LogP contribution in [-0.4, -0.2) is 22.0 Å². The van der Waals surface area contributed by atoms with Gasteiger partial charge in [-0.1, -0.05) is 37.3 Å². The van der Waals surface area contributed by atoms with E-state index in [4.69, 9.17) is 0 Å². The Labute approximate surface area is 138 Å². The van der Waals surface area contributed by atoms with Crippen molar-refractivity contribution >= 4 is 38.6 Å². The third-order valence-corrected chi connectivity index (χ3v) is 6.49. The number of fused-ring (bicyclic) bond motifs is 1. The van der Waals surface area contributed by atoms with Gasteiger partial charge in [-0.25, -0.2) is 4.98 Å². The maximum absolute atomic E-state index is 12.7. The quantitative estimate of drug-likeness (QED) is 0.897. The van der Waals surface area contributed by atoms with E-state index in [9.17, 15) is 14.7 Å². The first kappa shape index (κ1) is 15.9. The molecule has 3 rings (SSSR count). The fourth-order valence-electron chi connectivity index (χ4n) is 3.46. The van der Waals surface area contributed by atoms with Gasteiger partial charge in [-0.2, -0.15) is 0 Å². The summed E-state index contributed by atoms with van der Waals surface area (Å²) in [6, 6.07) is 7.71. The van der Waals surface area contributed by atoms with E-state index in [2.05, 4.69) is 10.3 Å². The summed E-state index contributed by atoms with van der Waals surface area (Å²) >= 11 is 1.43. The van der Waals surface area contributed by atoms with Gasteiger partial charge in [0.25, 0.3) is 0 Å². The van der Waals surface area contributed by atoms with E-state index in [0.717, 1.165) is 10.2 Å². The van der Waals surface area contributed by atoms with E-state index >= 15 is 0 Å².